The summed E-state index contributed by atoms with van der Waals surface area (Å²) >= 11 is 0. The first-order valence-electron chi connectivity index (χ1n) is 11.5. The van der Waals surface area contributed by atoms with E-state index in [0.717, 1.165) is 26.2 Å². The van der Waals surface area contributed by atoms with Crippen molar-refractivity contribution in [2.45, 2.75) is 110 Å². The van der Waals surface area contributed by atoms with Gasteiger partial charge in [0, 0.05) is 26.2 Å². The largest absolute Gasteiger partial charge is 0.329 e. The Balaban J connectivity index is 2.94. The van der Waals surface area contributed by atoms with E-state index in [1.54, 1.807) is 0 Å². The number of unbranched alkanes of at least 4 members (excludes halogenated alkanes) is 15. The Morgan fingerprint density at radius 1 is 0.440 bits per heavy atom. The monoisotopic (exact) mass is 355 g/mol. The average molecular weight is 356 g/mol. The van der Waals surface area contributed by atoms with Crippen molar-refractivity contribution >= 4 is 0 Å². The Morgan fingerprint density at radius 3 is 1.20 bits per heavy atom. The predicted octanol–water partition coefficient (Wildman–Crippen LogP) is 5.39. The van der Waals surface area contributed by atoms with Crippen molar-refractivity contribution in [3.05, 3.63) is 0 Å². The van der Waals surface area contributed by atoms with Gasteiger partial charge in [-0.2, -0.15) is 0 Å². The summed E-state index contributed by atoms with van der Waals surface area (Å²) in [7, 11) is 0. The molecular formula is C22H49N3. The summed E-state index contributed by atoms with van der Waals surface area (Å²) in [6, 6.07) is 0. The van der Waals surface area contributed by atoms with Crippen LogP contribution in [0.3, 0.4) is 0 Å². The van der Waals surface area contributed by atoms with E-state index in [1.165, 1.54) is 109 Å². The molecule has 0 amide bonds. The molecule has 25 heavy (non-hydrogen) atoms. The molecule has 0 fully saturated rings. The molecule has 0 aliphatic carbocycles. The first-order chi connectivity index (χ1) is 12.4. The molecule has 0 aromatic heterocycles. The zero-order chi connectivity index (χ0) is 18.3. The van der Waals surface area contributed by atoms with Crippen molar-refractivity contribution in [3.8, 4) is 0 Å². The highest BCUT2D eigenvalue weighted by Gasteiger charge is 1.95. The Bertz CT molecular complexity index is 199. The summed E-state index contributed by atoms with van der Waals surface area (Å²) in [5, 5.41) is 6.79. The van der Waals surface area contributed by atoms with E-state index in [0.29, 0.717) is 0 Å². The minimum atomic E-state index is 0.735. The molecule has 3 nitrogen and oxygen atoms in total. The van der Waals surface area contributed by atoms with Gasteiger partial charge >= 0.3 is 0 Å². The maximum absolute atomic E-state index is 5.43. The Hall–Kier alpha value is -0.120. The van der Waals surface area contributed by atoms with Crippen LogP contribution < -0.4 is 16.4 Å². The third-order valence-electron chi connectivity index (χ3n) is 5.01. The molecule has 0 aromatic carbocycles. The molecule has 0 bridgehead atoms. The highest BCUT2D eigenvalue weighted by atomic mass is 14.9. The predicted molar refractivity (Wildman–Crippen MR) is 114 cm³/mol. The molecular weight excluding hydrogens is 306 g/mol. The lowest BCUT2D eigenvalue weighted by Gasteiger charge is -2.06. The molecule has 0 saturated heterocycles. The van der Waals surface area contributed by atoms with Gasteiger partial charge in [0.25, 0.3) is 0 Å². The maximum Gasteiger partial charge on any atom is 0.00772 e. The summed E-state index contributed by atoms with van der Waals surface area (Å²) in [6.07, 6.45) is 23.0. The number of hydrogen-bond acceptors (Lipinski definition) is 3. The molecule has 4 N–H and O–H groups in total. The van der Waals surface area contributed by atoms with Crippen LogP contribution in [0, 0.1) is 0 Å². The second-order valence-corrected chi connectivity index (χ2v) is 7.59. The van der Waals surface area contributed by atoms with Gasteiger partial charge in [0.2, 0.25) is 0 Å². The highest BCUT2D eigenvalue weighted by molar-refractivity contribution is 4.54. The topological polar surface area (TPSA) is 50.1 Å². The molecule has 0 heterocycles. The van der Waals surface area contributed by atoms with Crippen LogP contribution in [0.15, 0.2) is 0 Å². The lowest BCUT2D eigenvalue weighted by atomic mass is 10.0. The summed E-state index contributed by atoms with van der Waals surface area (Å²) in [6.45, 7) is 7.24. The van der Waals surface area contributed by atoms with E-state index in [2.05, 4.69) is 17.6 Å². The Kier molecular flexibility index (Phi) is 23.8. The van der Waals surface area contributed by atoms with E-state index in [4.69, 9.17) is 5.73 Å². The first-order valence-corrected chi connectivity index (χ1v) is 11.5. The van der Waals surface area contributed by atoms with Gasteiger partial charge in [-0.05, 0) is 13.0 Å². The zero-order valence-electron chi connectivity index (χ0n) is 17.4. The number of nitrogens with two attached hydrogens (primary N) is 1. The van der Waals surface area contributed by atoms with Crippen molar-refractivity contribution in [1.29, 1.82) is 0 Å². The van der Waals surface area contributed by atoms with E-state index in [9.17, 15) is 0 Å². The second-order valence-electron chi connectivity index (χ2n) is 7.59. The SMILES string of the molecule is CCCCCCCCCCCCCCCCCCNCCNCCN. The average Bonchev–Trinajstić information content (AvgIpc) is 2.63. The lowest BCUT2D eigenvalue weighted by molar-refractivity contribution is 0.524. The van der Waals surface area contributed by atoms with Gasteiger partial charge in [0.05, 0.1) is 0 Å². The minimum Gasteiger partial charge on any atom is -0.329 e. The molecule has 3 heteroatoms. The molecule has 0 saturated carbocycles. The zero-order valence-corrected chi connectivity index (χ0v) is 17.4. The molecule has 0 aliphatic heterocycles. The molecule has 0 aromatic rings. The molecule has 0 radical (unpaired) electrons. The number of rotatable bonds is 22. The van der Waals surface area contributed by atoms with Gasteiger partial charge in [-0.15, -0.1) is 0 Å². The van der Waals surface area contributed by atoms with Gasteiger partial charge in [0.1, 0.15) is 0 Å². The summed E-state index contributed by atoms with van der Waals surface area (Å²) < 4.78 is 0. The van der Waals surface area contributed by atoms with Crippen LogP contribution in [-0.2, 0) is 0 Å². The molecule has 0 unspecified atom stereocenters. The normalized spacial score (nSPS) is 11.3. The fraction of sp³-hybridized carbons (Fsp3) is 1.00. The third kappa shape index (κ3) is 23.9. The summed E-state index contributed by atoms with van der Waals surface area (Å²) in [4.78, 5) is 0. The van der Waals surface area contributed by atoms with Crippen molar-refractivity contribution in [2.24, 2.45) is 5.73 Å². The molecule has 0 rings (SSSR count). The summed E-state index contributed by atoms with van der Waals surface area (Å²) in [5.41, 5.74) is 5.43. The van der Waals surface area contributed by atoms with Crippen LogP contribution in [0.2, 0.25) is 0 Å². The van der Waals surface area contributed by atoms with Gasteiger partial charge < -0.3 is 16.4 Å². The van der Waals surface area contributed by atoms with E-state index in [1.807, 2.05) is 0 Å². The Labute approximate surface area is 159 Å². The van der Waals surface area contributed by atoms with Crippen LogP contribution in [0.1, 0.15) is 110 Å². The van der Waals surface area contributed by atoms with Crippen LogP contribution in [0.4, 0.5) is 0 Å². The Morgan fingerprint density at radius 2 is 0.800 bits per heavy atom. The van der Waals surface area contributed by atoms with E-state index in [-0.39, 0.29) is 0 Å². The number of hydrogen-bond donors (Lipinski definition) is 3. The van der Waals surface area contributed by atoms with Crippen LogP contribution in [0.25, 0.3) is 0 Å². The van der Waals surface area contributed by atoms with Crippen molar-refractivity contribution < 1.29 is 0 Å². The second kappa shape index (κ2) is 23.9. The van der Waals surface area contributed by atoms with Gasteiger partial charge in [-0.3, -0.25) is 0 Å². The van der Waals surface area contributed by atoms with Crippen molar-refractivity contribution in [3.63, 3.8) is 0 Å². The van der Waals surface area contributed by atoms with Gasteiger partial charge in [-0.1, -0.05) is 103 Å². The van der Waals surface area contributed by atoms with Crippen LogP contribution in [-0.4, -0.2) is 32.7 Å². The van der Waals surface area contributed by atoms with E-state index >= 15 is 0 Å². The third-order valence-corrected chi connectivity index (χ3v) is 5.01. The fourth-order valence-corrected chi connectivity index (χ4v) is 3.33. The molecule has 152 valence electrons. The molecule has 0 aliphatic rings. The number of nitrogens with one attached hydrogen (secondary N) is 2. The first kappa shape index (κ1) is 24.9. The van der Waals surface area contributed by atoms with Crippen LogP contribution >= 0.6 is 0 Å². The van der Waals surface area contributed by atoms with Crippen molar-refractivity contribution in [1.82, 2.24) is 10.6 Å². The molecule has 0 atom stereocenters. The summed E-state index contributed by atoms with van der Waals surface area (Å²) in [5.74, 6) is 0. The standard InChI is InChI=1S/C22H49N3/c1-2-3-4-5-6-7-8-9-10-11-12-13-14-15-16-17-19-24-21-22-25-20-18-23/h24-25H,2-23H2,1H3. The maximum atomic E-state index is 5.43. The van der Waals surface area contributed by atoms with Crippen molar-refractivity contribution in [2.75, 3.05) is 32.7 Å². The quantitative estimate of drug-likeness (QED) is 0.228. The molecule has 0 spiro atoms. The van der Waals surface area contributed by atoms with Crippen LogP contribution in [0.5, 0.6) is 0 Å². The highest BCUT2D eigenvalue weighted by Crippen LogP contribution is 2.13. The van der Waals surface area contributed by atoms with Gasteiger partial charge in [0.15, 0.2) is 0 Å². The van der Waals surface area contributed by atoms with Gasteiger partial charge in [-0.25, -0.2) is 0 Å². The fourth-order valence-electron chi connectivity index (χ4n) is 3.33. The smallest absolute Gasteiger partial charge is 0.00772 e. The lowest BCUT2D eigenvalue weighted by Crippen LogP contribution is -2.31. The van der Waals surface area contributed by atoms with E-state index < -0.39 is 0 Å². The minimum absolute atomic E-state index is 0.735.